The maximum atomic E-state index is 12.5. The molecule has 0 saturated carbocycles. The Kier molecular flexibility index (Phi) is 4.97. The molecule has 2 N–H and O–H groups in total. The molecule has 24 heavy (non-hydrogen) atoms. The Morgan fingerprint density at radius 1 is 1.25 bits per heavy atom. The number of hydrogen-bond acceptors (Lipinski definition) is 4. The number of aromatic amines is 1. The van der Waals surface area contributed by atoms with Crippen LogP contribution in [0.2, 0.25) is 0 Å². The van der Waals surface area contributed by atoms with E-state index in [9.17, 15) is 14.7 Å². The lowest BCUT2D eigenvalue weighted by molar-refractivity contribution is -0.0259. The highest BCUT2D eigenvalue weighted by Crippen LogP contribution is 2.28. The molecule has 1 saturated heterocycles. The van der Waals surface area contributed by atoms with Crippen molar-refractivity contribution in [2.24, 2.45) is 0 Å². The van der Waals surface area contributed by atoms with Crippen LogP contribution in [0.3, 0.4) is 0 Å². The first-order chi connectivity index (χ1) is 11.6. The molecular weight excluding hydrogens is 308 g/mol. The number of hydrogen-bond donors (Lipinski definition) is 2. The highest BCUT2D eigenvalue weighted by atomic mass is 16.5. The second-order valence-corrected chi connectivity index (χ2v) is 6.04. The summed E-state index contributed by atoms with van der Waals surface area (Å²) >= 11 is 0. The summed E-state index contributed by atoms with van der Waals surface area (Å²) in [5.41, 5.74) is 1.55. The zero-order valence-corrected chi connectivity index (χ0v) is 13.7. The molecule has 0 amide bonds. The van der Waals surface area contributed by atoms with Crippen LogP contribution < -0.4 is 11.2 Å². The third-order valence-electron chi connectivity index (χ3n) is 4.50. The third kappa shape index (κ3) is 3.20. The van der Waals surface area contributed by atoms with Crippen LogP contribution >= 0.6 is 0 Å². The molecule has 6 nitrogen and oxygen atoms in total. The van der Waals surface area contributed by atoms with Crippen LogP contribution in [0.4, 0.5) is 0 Å². The summed E-state index contributed by atoms with van der Waals surface area (Å²) in [6.07, 6.45) is 1.65. The van der Waals surface area contributed by atoms with Gasteiger partial charge in [0.05, 0.1) is 12.7 Å². The highest BCUT2D eigenvalue weighted by Gasteiger charge is 2.29. The predicted octanol–water partition coefficient (Wildman–Crippen LogP) is 1.36. The number of benzene rings is 1. The second-order valence-electron chi connectivity index (χ2n) is 6.04. The van der Waals surface area contributed by atoms with E-state index in [4.69, 9.17) is 4.74 Å². The number of ether oxygens (including phenoxy) is 1. The van der Waals surface area contributed by atoms with E-state index in [2.05, 4.69) is 4.98 Å². The van der Waals surface area contributed by atoms with Gasteiger partial charge in [-0.25, -0.2) is 4.79 Å². The van der Waals surface area contributed by atoms with Crippen LogP contribution in [0.5, 0.6) is 0 Å². The first-order valence-corrected chi connectivity index (χ1v) is 8.30. The van der Waals surface area contributed by atoms with Crippen molar-refractivity contribution < 1.29 is 9.84 Å². The number of H-pyrrole nitrogens is 1. The van der Waals surface area contributed by atoms with Crippen LogP contribution in [0.25, 0.3) is 0 Å². The average Bonchev–Trinajstić information content (AvgIpc) is 3.04. The van der Waals surface area contributed by atoms with Gasteiger partial charge >= 0.3 is 5.69 Å². The fraction of sp³-hybridized carbons (Fsp3) is 0.444. The molecular formula is C18H22N2O4. The summed E-state index contributed by atoms with van der Waals surface area (Å²) in [6, 6.07) is 9.75. The Labute approximate surface area is 139 Å². The van der Waals surface area contributed by atoms with E-state index < -0.39 is 11.9 Å². The van der Waals surface area contributed by atoms with E-state index in [0.717, 1.165) is 5.56 Å². The van der Waals surface area contributed by atoms with E-state index in [1.165, 1.54) is 0 Å². The third-order valence-corrected chi connectivity index (χ3v) is 4.50. The van der Waals surface area contributed by atoms with E-state index in [0.29, 0.717) is 36.9 Å². The molecule has 1 fully saturated rings. The fourth-order valence-electron chi connectivity index (χ4n) is 3.29. The fourth-order valence-corrected chi connectivity index (χ4v) is 3.29. The Balaban J connectivity index is 2.10. The van der Waals surface area contributed by atoms with Crippen molar-refractivity contribution in [3.63, 3.8) is 0 Å². The van der Waals surface area contributed by atoms with Crippen LogP contribution in [0.15, 0.2) is 39.9 Å². The zero-order valence-electron chi connectivity index (χ0n) is 13.7. The van der Waals surface area contributed by atoms with E-state index in [1.54, 1.807) is 4.57 Å². The molecule has 0 unspecified atom stereocenters. The molecule has 128 valence electrons. The zero-order chi connectivity index (χ0) is 17.1. The van der Waals surface area contributed by atoms with Crippen molar-refractivity contribution in [1.82, 2.24) is 9.55 Å². The highest BCUT2D eigenvalue weighted by molar-refractivity contribution is 5.27. The van der Waals surface area contributed by atoms with Gasteiger partial charge in [0.1, 0.15) is 6.23 Å². The van der Waals surface area contributed by atoms with Crippen molar-refractivity contribution in [2.75, 3.05) is 6.61 Å². The molecule has 1 aromatic carbocycles. The van der Waals surface area contributed by atoms with Crippen molar-refractivity contribution in [1.29, 1.82) is 0 Å². The standard InChI is InChI=1S/C18H22N2O4/c1-2-14-15(10-12-6-4-3-5-7-12)20(18(23)19-17(14)22)16-9-8-13(11-21)24-16/h3-7,13,16,21H,2,8-11H2,1H3,(H,19,22,23)/t13-,16+/m0/s1. The van der Waals surface area contributed by atoms with Crippen molar-refractivity contribution in [2.45, 2.75) is 44.9 Å². The average molecular weight is 330 g/mol. The van der Waals surface area contributed by atoms with Gasteiger partial charge in [0.15, 0.2) is 0 Å². The monoisotopic (exact) mass is 330 g/mol. The molecule has 2 aromatic rings. The number of nitrogens with zero attached hydrogens (tertiary/aromatic N) is 1. The summed E-state index contributed by atoms with van der Waals surface area (Å²) < 4.78 is 7.34. The molecule has 1 aliphatic rings. The minimum atomic E-state index is -0.452. The van der Waals surface area contributed by atoms with Crippen molar-refractivity contribution in [3.8, 4) is 0 Å². The van der Waals surface area contributed by atoms with Gasteiger partial charge in [0.25, 0.3) is 5.56 Å². The summed E-state index contributed by atoms with van der Waals surface area (Å²) in [5, 5.41) is 9.28. The molecule has 6 heteroatoms. The molecule has 0 bridgehead atoms. The number of nitrogens with one attached hydrogen (secondary N) is 1. The smallest absolute Gasteiger partial charge is 0.330 e. The lowest BCUT2D eigenvalue weighted by Gasteiger charge is -2.21. The second kappa shape index (κ2) is 7.15. The summed E-state index contributed by atoms with van der Waals surface area (Å²) in [7, 11) is 0. The van der Waals surface area contributed by atoms with Crippen LogP contribution in [0.1, 0.15) is 42.8 Å². The topological polar surface area (TPSA) is 84.3 Å². The lowest BCUT2D eigenvalue weighted by atomic mass is 10.0. The Bertz CT molecular complexity index is 810. The van der Waals surface area contributed by atoms with Gasteiger partial charge in [-0.3, -0.25) is 14.3 Å². The Morgan fingerprint density at radius 3 is 2.62 bits per heavy atom. The maximum absolute atomic E-state index is 12.5. The lowest BCUT2D eigenvalue weighted by Crippen LogP contribution is -2.38. The minimum Gasteiger partial charge on any atom is -0.394 e. The van der Waals surface area contributed by atoms with E-state index in [1.807, 2.05) is 37.3 Å². The molecule has 2 atom stereocenters. The maximum Gasteiger partial charge on any atom is 0.330 e. The van der Waals surface area contributed by atoms with Gasteiger partial charge in [-0.2, -0.15) is 0 Å². The van der Waals surface area contributed by atoms with Crippen molar-refractivity contribution in [3.05, 3.63) is 68.0 Å². The molecule has 3 rings (SSSR count). The number of aromatic nitrogens is 2. The summed E-state index contributed by atoms with van der Waals surface area (Å²) in [4.78, 5) is 27.1. The van der Waals surface area contributed by atoms with Gasteiger partial charge in [0, 0.05) is 17.7 Å². The molecule has 2 heterocycles. The van der Waals surface area contributed by atoms with Crippen LogP contribution in [0, 0.1) is 0 Å². The number of rotatable bonds is 5. The summed E-state index contributed by atoms with van der Waals surface area (Å²) in [5.74, 6) is 0. The van der Waals surface area contributed by atoms with Gasteiger partial charge in [-0.1, -0.05) is 37.3 Å². The van der Waals surface area contributed by atoms with Gasteiger partial charge < -0.3 is 9.84 Å². The van der Waals surface area contributed by atoms with Gasteiger partial charge in [0.2, 0.25) is 0 Å². The first-order valence-electron chi connectivity index (χ1n) is 8.30. The molecule has 0 spiro atoms. The molecule has 0 aliphatic carbocycles. The Hall–Kier alpha value is -2.18. The van der Waals surface area contributed by atoms with Crippen LogP contribution in [-0.2, 0) is 17.6 Å². The van der Waals surface area contributed by atoms with E-state index in [-0.39, 0.29) is 18.3 Å². The van der Waals surface area contributed by atoms with Crippen LogP contribution in [-0.4, -0.2) is 27.4 Å². The van der Waals surface area contributed by atoms with E-state index >= 15 is 0 Å². The first kappa shape index (κ1) is 16.7. The molecule has 1 aliphatic heterocycles. The minimum absolute atomic E-state index is 0.0662. The quantitative estimate of drug-likeness (QED) is 0.867. The predicted molar refractivity (Wildman–Crippen MR) is 90.2 cm³/mol. The SMILES string of the molecule is CCc1c(Cc2ccccc2)n([C@H]2CC[C@@H](CO)O2)c(=O)[nH]c1=O. The molecule has 1 aromatic heterocycles. The normalized spacial score (nSPS) is 20.4. The summed E-state index contributed by atoms with van der Waals surface area (Å²) in [6.45, 7) is 1.84. The number of aliphatic hydroxyl groups excluding tert-OH is 1. The Morgan fingerprint density at radius 2 is 2.00 bits per heavy atom. The van der Waals surface area contributed by atoms with Gasteiger partial charge in [-0.05, 0) is 24.8 Å². The number of aliphatic hydroxyl groups is 1. The largest absolute Gasteiger partial charge is 0.394 e. The van der Waals surface area contributed by atoms with Crippen molar-refractivity contribution >= 4 is 0 Å². The molecule has 0 radical (unpaired) electrons. The van der Waals surface area contributed by atoms with Gasteiger partial charge in [-0.15, -0.1) is 0 Å².